The largest absolute Gasteiger partial charge is 0.327 e. The minimum Gasteiger partial charge on any atom is -0.327 e. The molecule has 2 rings (SSSR count). The maximum Gasteiger partial charge on any atom is 0.0640 e. The molecule has 0 saturated heterocycles. The van der Waals surface area contributed by atoms with Gasteiger partial charge in [0.1, 0.15) is 0 Å². The van der Waals surface area contributed by atoms with Gasteiger partial charge in [-0.3, -0.25) is 4.68 Å². The smallest absolute Gasteiger partial charge is 0.0640 e. The molecule has 0 spiro atoms. The summed E-state index contributed by atoms with van der Waals surface area (Å²) in [4.78, 5) is 0. The van der Waals surface area contributed by atoms with Crippen molar-refractivity contribution in [1.82, 2.24) is 9.78 Å². The molecular weight excluding hydrogens is 246 g/mol. The van der Waals surface area contributed by atoms with Gasteiger partial charge in [0.05, 0.1) is 5.69 Å². The number of hydrogen-bond donors (Lipinski definition) is 1. The topological polar surface area (TPSA) is 43.8 Å². The Kier molecular flexibility index (Phi) is 4.90. The lowest BCUT2D eigenvalue weighted by molar-refractivity contribution is 0.112. The Morgan fingerprint density at radius 1 is 1.45 bits per heavy atom. The maximum absolute atomic E-state index is 6.52. The highest BCUT2D eigenvalue weighted by Gasteiger charge is 2.36. The van der Waals surface area contributed by atoms with Gasteiger partial charge in [-0.25, -0.2) is 0 Å². The van der Waals surface area contributed by atoms with Crippen LogP contribution in [0.5, 0.6) is 0 Å². The zero-order chi connectivity index (χ0) is 14.8. The lowest BCUT2D eigenvalue weighted by atomic mass is 9.65. The molecule has 3 nitrogen and oxygen atoms in total. The van der Waals surface area contributed by atoms with Gasteiger partial charge < -0.3 is 5.73 Å². The molecule has 1 saturated carbocycles. The number of hydrogen-bond acceptors (Lipinski definition) is 2. The van der Waals surface area contributed by atoms with E-state index in [9.17, 15) is 0 Å². The van der Waals surface area contributed by atoms with Gasteiger partial charge in [-0.2, -0.15) is 5.10 Å². The molecule has 0 bridgehead atoms. The van der Waals surface area contributed by atoms with Crippen molar-refractivity contribution in [3.63, 3.8) is 0 Å². The molecule has 1 aliphatic rings. The summed E-state index contributed by atoms with van der Waals surface area (Å²) in [6.45, 7) is 9.17. The second-order valence-corrected chi connectivity index (χ2v) is 7.25. The molecule has 0 amide bonds. The number of rotatable bonds is 5. The molecule has 3 heteroatoms. The van der Waals surface area contributed by atoms with Gasteiger partial charge in [0, 0.05) is 24.7 Å². The van der Waals surface area contributed by atoms with E-state index in [4.69, 9.17) is 10.8 Å². The van der Waals surface area contributed by atoms with Crippen LogP contribution >= 0.6 is 0 Å². The van der Waals surface area contributed by atoms with E-state index < -0.39 is 0 Å². The predicted octanol–water partition coefficient (Wildman–Crippen LogP) is 3.94. The first-order valence-corrected chi connectivity index (χ1v) is 8.23. The fourth-order valence-corrected chi connectivity index (χ4v) is 3.62. The van der Waals surface area contributed by atoms with Crippen molar-refractivity contribution in [2.24, 2.45) is 17.1 Å². The first-order chi connectivity index (χ1) is 9.44. The van der Waals surface area contributed by atoms with Crippen LogP contribution in [-0.4, -0.2) is 15.8 Å². The Hall–Kier alpha value is -0.830. The van der Waals surface area contributed by atoms with Crippen LogP contribution in [0.1, 0.15) is 71.5 Å². The number of nitrogens with zero attached hydrogens (tertiary/aromatic N) is 2. The standard InChI is InChI=1S/C17H31N3/c1-5-13(2)20-11-9-14(19-20)12-16(18)15-8-6-7-10-17(15,3)4/h9,11,13,15-16H,5-8,10,12,18H2,1-4H3. The van der Waals surface area contributed by atoms with Crippen LogP contribution in [0.4, 0.5) is 0 Å². The molecule has 0 aliphatic heterocycles. The first-order valence-electron chi connectivity index (χ1n) is 8.23. The summed E-state index contributed by atoms with van der Waals surface area (Å²) in [6, 6.07) is 2.86. The highest BCUT2D eigenvalue weighted by atomic mass is 15.3. The average Bonchev–Trinajstić information content (AvgIpc) is 2.85. The van der Waals surface area contributed by atoms with Crippen molar-refractivity contribution in [1.29, 1.82) is 0 Å². The normalized spacial score (nSPS) is 25.4. The molecule has 3 unspecified atom stereocenters. The number of aromatic nitrogens is 2. The molecule has 1 heterocycles. The molecule has 20 heavy (non-hydrogen) atoms. The molecule has 3 atom stereocenters. The van der Waals surface area contributed by atoms with E-state index in [0.717, 1.165) is 18.5 Å². The Morgan fingerprint density at radius 3 is 2.85 bits per heavy atom. The fraction of sp³-hybridized carbons (Fsp3) is 0.824. The highest BCUT2D eigenvalue weighted by molar-refractivity contribution is 5.04. The van der Waals surface area contributed by atoms with Gasteiger partial charge in [0.15, 0.2) is 0 Å². The summed E-state index contributed by atoms with van der Waals surface area (Å²) in [7, 11) is 0. The molecule has 1 aromatic heterocycles. The SMILES string of the molecule is CCC(C)n1ccc(CC(N)C2CCCCC2(C)C)n1. The van der Waals surface area contributed by atoms with Crippen LogP contribution in [0.2, 0.25) is 0 Å². The van der Waals surface area contributed by atoms with Gasteiger partial charge in [0.25, 0.3) is 0 Å². The van der Waals surface area contributed by atoms with Crippen molar-refractivity contribution >= 4 is 0 Å². The van der Waals surface area contributed by atoms with Gasteiger partial charge in [0.2, 0.25) is 0 Å². The summed E-state index contributed by atoms with van der Waals surface area (Å²) >= 11 is 0. The molecule has 1 aliphatic carbocycles. The van der Waals surface area contributed by atoms with Crippen LogP contribution < -0.4 is 5.73 Å². The summed E-state index contributed by atoms with van der Waals surface area (Å²) in [5, 5.41) is 4.70. The van der Waals surface area contributed by atoms with E-state index in [1.54, 1.807) is 0 Å². The number of nitrogens with two attached hydrogens (primary N) is 1. The van der Waals surface area contributed by atoms with Gasteiger partial charge in [-0.15, -0.1) is 0 Å². The Morgan fingerprint density at radius 2 is 2.20 bits per heavy atom. The van der Waals surface area contributed by atoms with Crippen LogP contribution in [0.3, 0.4) is 0 Å². The first kappa shape index (κ1) is 15.6. The molecule has 1 aromatic rings. The van der Waals surface area contributed by atoms with E-state index in [2.05, 4.69) is 44.6 Å². The van der Waals surface area contributed by atoms with E-state index in [1.165, 1.54) is 25.7 Å². The molecule has 0 radical (unpaired) electrons. The third kappa shape index (κ3) is 3.43. The average molecular weight is 277 g/mol. The quantitative estimate of drug-likeness (QED) is 0.886. The van der Waals surface area contributed by atoms with Gasteiger partial charge in [-0.1, -0.05) is 33.6 Å². The Balaban J connectivity index is 2.00. The van der Waals surface area contributed by atoms with Crippen molar-refractivity contribution in [2.75, 3.05) is 0 Å². The van der Waals surface area contributed by atoms with Crippen LogP contribution in [-0.2, 0) is 6.42 Å². The van der Waals surface area contributed by atoms with E-state index >= 15 is 0 Å². The third-order valence-corrected chi connectivity index (χ3v) is 5.26. The Labute approximate surface area is 123 Å². The Bertz CT molecular complexity index is 422. The van der Waals surface area contributed by atoms with Crippen molar-refractivity contribution in [3.05, 3.63) is 18.0 Å². The van der Waals surface area contributed by atoms with E-state index in [-0.39, 0.29) is 6.04 Å². The fourth-order valence-electron chi connectivity index (χ4n) is 3.62. The molecular formula is C17H31N3. The van der Waals surface area contributed by atoms with Gasteiger partial charge in [-0.05, 0) is 43.6 Å². The van der Waals surface area contributed by atoms with Crippen LogP contribution in [0, 0.1) is 11.3 Å². The van der Waals surface area contributed by atoms with E-state index in [1.807, 2.05) is 0 Å². The lowest BCUT2D eigenvalue weighted by Gasteiger charge is -2.42. The third-order valence-electron chi connectivity index (χ3n) is 5.26. The second-order valence-electron chi connectivity index (χ2n) is 7.25. The van der Waals surface area contributed by atoms with Crippen molar-refractivity contribution < 1.29 is 0 Å². The summed E-state index contributed by atoms with van der Waals surface area (Å²) in [5.41, 5.74) is 8.06. The molecule has 2 N–H and O–H groups in total. The maximum atomic E-state index is 6.52. The predicted molar refractivity (Wildman–Crippen MR) is 84.6 cm³/mol. The highest BCUT2D eigenvalue weighted by Crippen LogP contribution is 2.42. The lowest BCUT2D eigenvalue weighted by Crippen LogP contribution is -2.43. The zero-order valence-corrected chi connectivity index (χ0v) is 13.6. The van der Waals surface area contributed by atoms with E-state index in [0.29, 0.717) is 17.4 Å². The minimum atomic E-state index is 0.241. The molecule has 0 aromatic carbocycles. The summed E-state index contributed by atoms with van der Waals surface area (Å²) in [6.07, 6.45) is 9.41. The second kappa shape index (κ2) is 6.30. The minimum absolute atomic E-state index is 0.241. The van der Waals surface area contributed by atoms with Crippen molar-refractivity contribution in [3.8, 4) is 0 Å². The monoisotopic (exact) mass is 277 g/mol. The summed E-state index contributed by atoms with van der Waals surface area (Å²) in [5.74, 6) is 0.630. The van der Waals surface area contributed by atoms with Crippen LogP contribution in [0.15, 0.2) is 12.3 Å². The zero-order valence-electron chi connectivity index (χ0n) is 13.6. The molecule has 1 fully saturated rings. The van der Waals surface area contributed by atoms with Crippen LogP contribution in [0.25, 0.3) is 0 Å². The summed E-state index contributed by atoms with van der Waals surface area (Å²) < 4.78 is 2.08. The van der Waals surface area contributed by atoms with Gasteiger partial charge >= 0.3 is 0 Å². The molecule has 114 valence electrons. The van der Waals surface area contributed by atoms with Crippen molar-refractivity contribution in [2.45, 2.75) is 78.3 Å².